The molecule has 0 atom stereocenters. The van der Waals surface area contributed by atoms with Crippen LogP contribution >= 0.6 is 23.4 Å². The van der Waals surface area contributed by atoms with E-state index >= 15 is 0 Å². The molecule has 0 fully saturated rings. The van der Waals surface area contributed by atoms with Crippen molar-refractivity contribution in [1.82, 2.24) is 9.55 Å². The number of ether oxygens (including phenoxy) is 1. The molecule has 0 aliphatic rings. The molecule has 0 saturated carbocycles. The van der Waals surface area contributed by atoms with Crippen LogP contribution in [0.3, 0.4) is 0 Å². The van der Waals surface area contributed by atoms with Gasteiger partial charge in [0.05, 0.1) is 0 Å². The summed E-state index contributed by atoms with van der Waals surface area (Å²) >= 11 is 7.57. The first kappa shape index (κ1) is 17.6. The number of hydrogen-bond donors (Lipinski definition) is 0. The highest BCUT2D eigenvalue weighted by Gasteiger charge is 2.07. The van der Waals surface area contributed by atoms with Crippen molar-refractivity contribution in [1.29, 1.82) is 0 Å². The molecule has 3 rings (SSSR count). The lowest BCUT2D eigenvalue weighted by Gasteiger charge is -2.12. The first-order valence-electron chi connectivity index (χ1n) is 7.83. The van der Waals surface area contributed by atoms with Crippen LogP contribution in [0.15, 0.2) is 76.6 Å². The summed E-state index contributed by atoms with van der Waals surface area (Å²) < 4.78 is 7.31. The van der Waals surface area contributed by atoms with Gasteiger partial charge in [-0.15, -0.1) is 11.8 Å². The van der Waals surface area contributed by atoms with Crippen LogP contribution in [0.2, 0.25) is 5.02 Å². The Balaban J connectivity index is 1.64. The fraction of sp³-hybridized carbons (Fsp3) is 0.158. The minimum absolute atomic E-state index is 0.116. The predicted octanol–water partition coefficient (Wildman–Crippen LogP) is 4.27. The predicted molar refractivity (Wildman–Crippen MR) is 101 cm³/mol. The first-order valence-corrected chi connectivity index (χ1v) is 9.20. The van der Waals surface area contributed by atoms with Crippen molar-refractivity contribution in [2.75, 3.05) is 5.75 Å². The van der Waals surface area contributed by atoms with Crippen molar-refractivity contribution >= 4 is 23.4 Å². The first-order chi connectivity index (χ1) is 12.2. The van der Waals surface area contributed by atoms with Gasteiger partial charge in [-0.1, -0.05) is 41.9 Å². The molecule has 0 bridgehead atoms. The number of rotatable bonds is 7. The summed E-state index contributed by atoms with van der Waals surface area (Å²) in [4.78, 5) is 17.5. The maximum absolute atomic E-state index is 12.2. The van der Waals surface area contributed by atoms with Gasteiger partial charge in [0.1, 0.15) is 6.61 Å². The van der Waals surface area contributed by atoms with Crippen LogP contribution < -0.4 is 10.3 Å². The Kier molecular flexibility index (Phi) is 6.14. The van der Waals surface area contributed by atoms with Crippen LogP contribution in [0.1, 0.15) is 5.56 Å². The molecule has 1 heterocycles. The molecular weight excluding hydrogens is 356 g/mol. The quantitative estimate of drug-likeness (QED) is 0.581. The number of halogens is 1. The van der Waals surface area contributed by atoms with Crippen LogP contribution in [-0.4, -0.2) is 15.3 Å². The topological polar surface area (TPSA) is 44.1 Å². The molecule has 0 saturated heterocycles. The van der Waals surface area contributed by atoms with E-state index in [2.05, 4.69) is 17.1 Å². The van der Waals surface area contributed by atoms with Gasteiger partial charge in [0.15, 0.2) is 0 Å². The van der Waals surface area contributed by atoms with Crippen molar-refractivity contribution in [2.45, 2.75) is 18.0 Å². The monoisotopic (exact) mass is 372 g/mol. The second-order valence-corrected chi connectivity index (χ2v) is 6.90. The minimum atomic E-state index is -0.116. The Morgan fingerprint density at radius 2 is 1.80 bits per heavy atom. The summed E-state index contributed by atoms with van der Waals surface area (Å²) in [5, 5.41) is 0.677. The molecule has 3 aromatic rings. The van der Waals surface area contributed by atoms with Gasteiger partial charge >= 0.3 is 0 Å². The highest BCUT2D eigenvalue weighted by molar-refractivity contribution is 7.99. The van der Waals surface area contributed by atoms with E-state index in [9.17, 15) is 4.79 Å². The largest absolute Gasteiger partial charge is 0.460 e. The van der Waals surface area contributed by atoms with Crippen molar-refractivity contribution < 1.29 is 4.74 Å². The lowest BCUT2D eigenvalue weighted by molar-refractivity contribution is 0.261. The van der Waals surface area contributed by atoms with E-state index < -0.39 is 0 Å². The highest BCUT2D eigenvalue weighted by Crippen LogP contribution is 2.18. The molecule has 6 heteroatoms. The SMILES string of the molecule is O=c1ccnc(OCc2ccc(Cl)cc2)n1CCSc1ccccc1. The number of aromatic nitrogens is 2. The van der Waals surface area contributed by atoms with Crippen molar-refractivity contribution in [3.05, 3.63) is 87.8 Å². The molecule has 0 amide bonds. The Bertz CT molecular complexity index is 867. The van der Waals surface area contributed by atoms with E-state index in [1.165, 1.54) is 17.2 Å². The van der Waals surface area contributed by atoms with Crippen LogP contribution in [0.25, 0.3) is 0 Å². The fourth-order valence-electron chi connectivity index (χ4n) is 2.24. The summed E-state index contributed by atoms with van der Waals surface area (Å²) in [6, 6.07) is 19.3. The molecule has 0 spiro atoms. The highest BCUT2D eigenvalue weighted by atomic mass is 35.5. The maximum Gasteiger partial charge on any atom is 0.299 e. The molecule has 0 N–H and O–H groups in total. The standard InChI is InChI=1S/C19H17ClN2O2S/c20-16-8-6-15(7-9-16)14-24-19-21-11-10-18(23)22(19)12-13-25-17-4-2-1-3-5-17/h1-11H,12-14H2. The van der Waals surface area contributed by atoms with Gasteiger partial charge in [-0.2, -0.15) is 0 Å². The Morgan fingerprint density at radius 3 is 2.56 bits per heavy atom. The molecule has 128 valence electrons. The zero-order valence-electron chi connectivity index (χ0n) is 13.5. The lowest BCUT2D eigenvalue weighted by Crippen LogP contribution is -2.23. The van der Waals surface area contributed by atoms with Crippen LogP contribution in [0.5, 0.6) is 6.01 Å². The second-order valence-electron chi connectivity index (χ2n) is 5.29. The lowest BCUT2D eigenvalue weighted by atomic mass is 10.2. The molecule has 0 radical (unpaired) electrons. The number of thioether (sulfide) groups is 1. The summed E-state index contributed by atoms with van der Waals surface area (Å²) in [5.74, 6) is 0.757. The third kappa shape index (κ3) is 5.11. The van der Waals surface area contributed by atoms with Gasteiger partial charge in [-0.3, -0.25) is 9.36 Å². The fourth-order valence-corrected chi connectivity index (χ4v) is 3.22. The number of hydrogen-bond acceptors (Lipinski definition) is 4. The van der Waals surface area contributed by atoms with Gasteiger partial charge in [0, 0.05) is 34.5 Å². The van der Waals surface area contributed by atoms with E-state index in [0.29, 0.717) is 24.2 Å². The van der Waals surface area contributed by atoms with Crippen molar-refractivity contribution in [3.63, 3.8) is 0 Å². The van der Waals surface area contributed by atoms with Gasteiger partial charge in [-0.25, -0.2) is 4.98 Å². The molecule has 0 aliphatic heterocycles. The minimum Gasteiger partial charge on any atom is -0.460 e. The summed E-state index contributed by atoms with van der Waals surface area (Å²) in [5.41, 5.74) is 0.850. The zero-order chi connectivity index (χ0) is 17.5. The van der Waals surface area contributed by atoms with E-state index in [1.807, 2.05) is 42.5 Å². The Labute approximate surface area is 155 Å². The summed E-state index contributed by atoms with van der Waals surface area (Å²) in [7, 11) is 0. The molecule has 4 nitrogen and oxygen atoms in total. The maximum atomic E-state index is 12.2. The van der Waals surface area contributed by atoms with E-state index in [1.54, 1.807) is 16.3 Å². The van der Waals surface area contributed by atoms with Gasteiger partial charge in [0.25, 0.3) is 11.6 Å². The Hall–Kier alpha value is -2.24. The average molecular weight is 373 g/mol. The van der Waals surface area contributed by atoms with E-state index in [-0.39, 0.29) is 5.56 Å². The van der Waals surface area contributed by atoms with Gasteiger partial charge < -0.3 is 4.74 Å². The van der Waals surface area contributed by atoms with Crippen LogP contribution in [-0.2, 0) is 13.2 Å². The molecule has 2 aromatic carbocycles. The van der Waals surface area contributed by atoms with Gasteiger partial charge in [0.2, 0.25) is 0 Å². The number of benzene rings is 2. The van der Waals surface area contributed by atoms with Crippen LogP contribution in [0, 0.1) is 0 Å². The summed E-state index contributed by atoms with van der Waals surface area (Å²) in [6.45, 7) is 0.863. The molecule has 0 aliphatic carbocycles. The number of nitrogens with zero attached hydrogens (tertiary/aromatic N) is 2. The smallest absolute Gasteiger partial charge is 0.299 e. The third-order valence-electron chi connectivity index (χ3n) is 3.51. The van der Waals surface area contributed by atoms with Gasteiger partial charge in [-0.05, 0) is 29.8 Å². The average Bonchev–Trinajstić information content (AvgIpc) is 2.64. The van der Waals surface area contributed by atoms with Crippen molar-refractivity contribution in [3.8, 4) is 6.01 Å². The van der Waals surface area contributed by atoms with E-state index in [0.717, 1.165) is 11.3 Å². The molecule has 1 aromatic heterocycles. The van der Waals surface area contributed by atoms with Crippen LogP contribution in [0.4, 0.5) is 0 Å². The molecule has 0 unspecified atom stereocenters. The van der Waals surface area contributed by atoms with Crippen molar-refractivity contribution in [2.24, 2.45) is 0 Å². The Morgan fingerprint density at radius 1 is 1.04 bits per heavy atom. The second kappa shape index (κ2) is 8.74. The normalized spacial score (nSPS) is 10.6. The van der Waals surface area contributed by atoms with E-state index in [4.69, 9.17) is 16.3 Å². The zero-order valence-corrected chi connectivity index (χ0v) is 15.0. The summed E-state index contributed by atoms with van der Waals surface area (Å²) in [6.07, 6.45) is 1.47. The molecular formula is C19H17ClN2O2S. The third-order valence-corrected chi connectivity index (χ3v) is 4.75. The molecule has 25 heavy (non-hydrogen) atoms.